The molecule has 1 aromatic rings. The predicted octanol–water partition coefficient (Wildman–Crippen LogP) is 1.16. The Morgan fingerprint density at radius 1 is 1.47 bits per heavy atom. The fraction of sp³-hybridized carbons (Fsp3) is 0.625. The maximum atomic E-state index is 11.2. The summed E-state index contributed by atoms with van der Waals surface area (Å²) in [5, 5.41) is 4.07. The summed E-state index contributed by atoms with van der Waals surface area (Å²) in [7, 11) is 1.60. The topological polar surface area (TPSA) is 61.2 Å². The molecule has 0 spiro atoms. The second kappa shape index (κ2) is 4.11. The first-order valence-corrected chi connectivity index (χ1v) is 6.96. The van der Waals surface area contributed by atoms with Crippen molar-refractivity contribution in [3.05, 3.63) is 12.3 Å². The molecule has 5 nitrogen and oxygen atoms in total. The van der Waals surface area contributed by atoms with Crippen molar-refractivity contribution in [2.24, 2.45) is 0 Å². The van der Waals surface area contributed by atoms with Crippen LogP contribution in [-0.2, 0) is 13.8 Å². The van der Waals surface area contributed by atoms with Crippen LogP contribution in [-0.4, -0.2) is 31.4 Å². The van der Waals surface area contributed by atoms with Gasteiger partial charge in [0.15, 0.2) is 5.03 Å². The maximum absolute atomic E-state index is 11.2. The van der Waals surface area contributed by atoms with Crippen molar-refractivity contribution >= 4 is 19.7 Å². The molecule has 0 amide bonds. The summed E-state index contributed by atoms with van der Waals surface area (Å²) in [4.78, 5) is 0. The molecule has 1 aliphatic heterocycles. The van der Waals surface area contributed by atoms with Crippen molar-refractivity contribution in [3.8, 4) is 0 Å². The number of aromatic nitrogens is 2. The van der Waals surface area contributed by atoms with E-state index in [1.807, 2.05) is 0 Å². The van der Waals surface area contributed by atoms with Gasteiger partial charge in [-0.2, -0.15) is 5.10 Å². The predicted molar refractivity (Wildman–Crippen MR) is 54.4 cm³/mol. The van der Waals surface area contributed by atoms with Gasteiger partial charge in [-0.25, -0.2) is 13.1 Å². The lowest BCUT2D eigenvalue weighted by atomic mass is 10.1. The van der Waals surface area contributed by atoms with E-state index in [0.717, 1.165) is 12.8 Å². The Kier molecular flexibility index (Phi) is 2.99. The van der Waals surface area contributed by atoms with Crippen molar-refractivity contribution in [2.75, 3.05) is 13.2 Å². The molecule has 0 aliphatic carbocycles. The molecule has 0 aromatic carbocycles. The molecule has 0 radical (unpaired) electrons. The summed E-state index contributed by atoms with van der Waals surface area (Å²) < 4.78 is 29.1. The molecule has 0 bridgehead atoms. The molecular formula is C8H11ClN2O3S. The van der Waals surface area contributed by atoms with Gasteiger partial charge in [0.25, 0.3) is 9.05 Å². The van der Waals surface area contributed by atoms with E-state index < -0.39 is 9.05 Å². The van der Waals surface area contributed by atoms with Crippen LogP contribution in [0.15, 0.2) is 17.3 Å². The van der Waals surface area contributed by atoms with Crippen molar-refractivity contribution in [1.82, 2.24) is 9.78 Å². The molecule has 2 rings (SSSR count). The lowest BCUT2D eigenvalue weighted by molar-refractivity contribution is 0.0637. The number of halogens is 1. The normalized spacial score (nSPS) is 19.3. The SMILES string of the molecule is O=S(=O)(Cl)c1ccnn1C1CCOCC1. The first kappa shape index (κ1) is 10.9. The lowest BCUT2D eigenvalue weighted by Gasteiger charge is -2.23. The molecule has 84 valence electrons. The number of hydrogen-bond donors (Lipinski definition) is 0. The van der Waals surface area contributed by atoms with Gasteiger partial charge in [0.05, 0.1) is 12.2 Å². The van der Waals surface area contributed by atoms with E-state index in [1.54, 1.807) is 0 Å². The second-order valence-corrected chi connectivity index (χ2v) is 5.91. The average Bonchev–Trinajstić information content (AvgIpc) is 2.67. The molecule has 2 heterocycles. The van der Waals surface area contributed by atoms with Gasteiger partial charge in [-0.1, -0.05) is 0 Å². The number of nitrogens with zero attached hydrogens (tertiary/aromatic N) is 2. The molecule has 0 N–H and O–H groups in total. The van der Waals surface area contributed by atoms with Crippen molar-refractivity contribution < 1.29 is 13.2 Å². The Labute approximate surface area is 92.4 Å². The minimum Gasteiger partial charge on any atom is -0.381 e. The van der Waals surface area contributed by atoms with Crippen LogP contribution in [0.1, 0.15) is 18.9 Å². The van der Waals surface area contributed by atoms with Gasteiger partial charge >= 0.3 is 0 Å². The van der Waals surface area contributed by atoms with Crippen molar-refractivity contribution in [2.45, 2.75) is 23.9 Å². The van der Waals surface area contributed by atoms with Crippen LogP contribution in [0.5, 0.6) is 0 Å². The molecule has 1 saturated heterocycles. The van der Waals surface area contributed by atoms with Gasteiger partial charge in [0.2, 0.25) is 0 Å². The summed E-state index contributed by atoms with van der Waals surface area (Å²) in [6.07, 6.45) is 2.98. The lowest BCUT2D eigenvalue weighted by Crippen LogP contribution is -2.22. The Hall–Kier alpha value is -0.590. The van der Waals surface area contributed by atoms with Crippen LogP contribution < -0.4 is 0 Å². The Morgan fingerprint density at radius 2 is 2.13 bits per heavy atom. The fourth-order valence-electron chi connectivity index (χ4n) is 1.70. The third kappa shape index (κ3) is 2.32. The van der Waals surface area contributed by atoms with Gasteiger partial charge < -0.3 is 4.74 Å². The summed E-state index contributed by atoms with van der Waals surface area (Å²) in [6, 6.07) is 1.48. The van der Waals surface area contributed by atoms with Gasteiger partial charge in [0, 0.05) is 23.9 Å². The Balaban J connectivity index is 2.32. The fourth-order valence-corrected chi connectivity index (χ4v) is 2.71. The van der Waals surface area contributed by atoms with E-state index in [-0.39, 0.29) is 11.1 Å². The summed E-state index contributed by atoms with van der Waals surface area (Å²) in [6.45, 7) is 1.26. The van der Waals surface area contributed by atoms with Crippen LogP contribution in [0, 0.1) is 0 Å². The molecule has 0 atom stereocenters. The standard InChI is InChI=1S/C8H11ClN2O3S/c9-15(12,13)8-1-4-10-11(8)7-2-5-14-6-3-7/h1,4,7H,2-3,5-6H2. The van der Waals surface area contributed by atoms with E-state index in [9.17, 15) is 8.42 Å². The minimum absolute atomic E-state index is 0.0658. The van der Waals surface area contributed by atoms with Crippen LogP contribution in [0.4, 0.5) is 0 Å². The highest BCUT2D eigenvalue weighted by atomic mass is 35.7. The molecule has 0 saturated carbocycles. The highest BCUT2D eigenvalue weighted by molar-refractivity contribution is 8.13. The van der Waals surface area contributed by atoms with Crippen LogP contribution in [0.2, 0.25) is 0 Å². The zero-order chi connectivity index (χ0) is 10.9. The number of ether oxygens (including phenoxy) is 1. The maximum Gasteiger partial charge on any atom is 0.278 e. The van der Waals surface area contributed by atoms with Gasteiger partial charge in [-0.15, -0.1) is 0 Å². The largest absolute Gasteiger partial charge is 0.381 e. The van der Waals surface area contributed by atoms with Gasteiger partial charge in [-0.05, 0) is 18.9 Å². The second-order valence-electron chi connectivity index (χ2n) is 3.40. The third-order valence-electron chi connectivity index (χ3n) is 2.42. The van der Waals surface area contributed by atoms with Crippen LogP contribution in [0.3, 0.4) is 0 Å². The molecule has 7 heteroatoms. The molecular weight excluding hydrogens is 240 g/mol. The van der Waals surface area contributed by atoms with E-state index in [4.69, 9.17) is 15.4 Å². The van der Waals surface area contributed by atoms with E-state index in [1.165, 1.54) is 16.9 Å². The molecule has 15 heavy (non-hydrogen) atoms. The minimum atomic E-state index is -3.71. The number of hydrogen-bond acceptors (Lipinski definition) is 4. The average molecular weight is 251 g/mol. The first-order valence-electron chi connectivity index (χ1n) is 4.65. The van der Waals surface area contributed by atoms with E-state index in [0.29, 0.717) is 13.2 Å². The van der Waals surface area contributed by atoms with Crippen LogP contribution >= 0.6 is 10.7 Å². The molecule has 1 aliphatic rings. The van der Waals surface area contributed by atoms with E-state index in [2.05, 4.69) is 5.10 Å². The Morgan fingerprint density at radius 3 is 2.73 bits per heavy atom. The van der Waals surface area contributed by atoms with Crippen molar-refractivity contribution in [3.63, 3.8) is 0 Å². The smallest absolute Gasteiger partial charge is 0.278 e. The first-order chi connectivity index (χ1) is 7.09. The van der Waals surface area contributed by atoms with Crippen LogP contribution in [0.25, 0.3) is 0 Å². The Bertz CT molecular complexity index is 436. The molecule has 0 unspecified atom stereocenters. The van der Waals surface area contributed by atoms with Crippen molar-refractivity contribution in [1.29, 1.82) is 0 Å². The van der Waals surface area contributed by atoms with Gasteiger partial charge in [-0.3, -0.25) is 0 Å². The quantitative estimate of drug-likeness (QED) is 0.739. The van der Waals surface area contributed by atoms with E-state index >= 15 is 0 Å². The molecule has 1 aromatic heterocycles. The monoisotopic (exact) mass is 250 g/mol. The highest BCUT2D eigenvalue weighted by Gasteiger charge is 2.23. The zero-order valence-corrected chi connectivity index (χ0v) is 9.54. The third-order valence-corrected chi connectivity index (χ3v) is 3.72. The summed E-state index contributed by atoms with van der Waals surface area (Å²) in [5.41, 5.74) is 0. The zero-order valence-electron chi connectivity index (χ0n) is 7.97. The highest BCUT2D eigenvalue weighted by Crippen LogP contribution is 2.25. The molecule has 1 fully saturated rings. The summed E-state index contributed by atoms with van der Waals surface area (Å²) in [5.74, 6) is 0. The van der Waals surface area contributed by atoms with Gasteiger partial charge in [0.1, 0.15) is 0 Å². The number of rotatable bonds is 2. The summed E-state index contributed by atoms with van der Waals surface area (Å²) >= 11 is 0.